The Hall–Kier alpha value is -0.570. The van der Waals surface area contributed by atoms with Gasteiger partial charge in [0.05, 0.1) is 13.2 Å². The third-order valence-electron chi connectivity index (χ3n) is 2.37. The molecule has 1 unspecified atom stereocenters. The first kappa shape index (κ1) is 8.53. The summed E-state index contributed by atoms with van der Waals surface area (Å²) in [6, 6.07) is 0.531. The van der Waals surface area contributed by atoms with E-state index in [1.54, 1.807) is 4.90 Å². The molecule has 0 spiro atoms. The molecule has 1 amide bonds. The van der Waals surface area contributed by atoms with Crippen molar-refractivity contribution in [3.05, 3.63) is 0 Å². The minimum Gasteiger partial charge on any atom is -0.332 e. The maximum atomic E-state index is 11.1. The molecule has 11 heavy (non-hydrogen) atoms. The first-order valence-corrected chi connectivity index (χ1v) is 4.13. The summed E-state index contributed by atoms with van der Waals surface area (Å²) in [6.45, 7) is 5.71. The van der Waals surface area contributed by atoms with Crippen molar-refractivity contribution in [1.82, 2.24) is 9.80 Å². The number of hydrogen-bond donors (Lipinski definition) is 0. The monoisotopic (exact) mass is 156 g/mol. The van der Waals surface area contributed by atoms with E-state index in [2.05, 4.69) is 18.7 Å². The molecule has 1 atom stereocenters. The zero-order valence-corrected chi connectivity index (χ0v) is 7.50. The summed E-state index contributed by atoms with van der Waals surface area (Å²) in [5.41, 5.74) is 0. The molecule has 1 saturated heterocycles. The van der Waals surface area contributed by atoms with Gasteiger partial charge in [0.15, 0.2) is 0 Å². The van der Waals surface area contributed by atoms with Crippen LogP contribution in [0.1, 0.15) is 20.3 Å². The van der Waals surface area contributed by atoms with Gasteiger partial charge < -0.3 is 4.90 Å². The fourth-order valence-corrected chi connectivity index (χ4v) is 1.25. The lowest BCUT2D eigenvalue weighted by Crippen LogP contribution is -2.31. The van der Waals surface area contributed by atoms with Gasteiger partial charge >= 0.3 is 0 Å². The molecule has 0 aromatic carbocycles. The fourth-order valence-electron chi connectivity index (χ4n) is 1.25. The van der Waals surface area contributed by atoms with Crippen molar-refractivity contribution in [2.45, 2.75) is 26.3 Å². The average Bonchev–Trinajstić information content (AvgIpc) is 2.31. The highest BCUT2D eigenvalue weighted by molar-refractivity contribution is 5.79. The van der Waals surface area contributed by atoms with Gasteiger partial charge in [0.25, 0.3) is 0 Å². The third-order valence-corrected chi connectivity index (χ3v) is 2.37. The lowest BCUT2D eigenvalue weighted by Gasteiger charge is -2.20. The number of carbonyl (C=O) groups is 1. The van der Waals surface area contributed by atoms with Crippen LogP contribution < -0.4 is 0 Å². The van der Waals surface area contributed by atoms with Crippen LogP contribution in [0.2, 0.25) is 0 Å². The highest BCUT2D eigenvalue weighted by atomic mass is 16.2. The summed E-state index contributed by atoms with van der Waals surface area (Å²) < 4.78 is 0. The zero-order chi connectivity index (χ0) is 8.43. The largest absolute Gasteiger partial charge is 0.332 e. The number of carbonyl (C=O) groups excluding carboxylic acids is 1. The Morgan fingerprint density at radius 2 is 2.27 bits per heavy atom. The summed E-state index contributed by atoms with van der Waals surface area (Å²) in [4.78, 5) is 15.1. The molecule has 0 aromatic heterocycles. The Kier molecular flexibility index (Phi) is 2.49. The summed E-state index contributed by atoms with van der Waals surface area (Å²) in [5, 5.41) is 0. The molecule has 3 heteroatoms. The summed E-state index contributed by atoms with van der Waals surface area (Å²) in [7, 11) is 1.85. The van der Waals surface area contributed by atoms with Gasteiger partial charge in [-0.1, -0.05) is 6.92 Å². The molecule has 3 nitrogen and oxygen atoms in total. The standard InChI is InChI=1S/C8H16N2O/c1-4-7(2)10-5-8(11)9(3)6-10/h7H,4-6H2,1-3H3. The van der Waals surface area contributed by atoms with E-state index in [4.69, 9.17) is 0 Å². The Labute approximate surface area is 68.0 Å². The second-order valence-electron chi connectivity index (χ2n) is 3.24. The highest BCUT2D eigenvalue weighted by Crippen LogP contribution is 2.10. The second kappa shape index (κ2) is 3.22. The van der Waals surface area contributed by atoms with E-state index in [1.807, 2.05) is 7.05 Å². The lowest BCUT2D eigenvalue weighted by molar-refractivity contribution is -0.125. The molecule has 64 valence electrons. The average molecular weight is 156 g/mol. The number of likely N-dealkylation sites (N-methyl/N-ethyl adjacent to an activating group) is 1. The summed E-state index contributed by atoms with van der Waals surface area (Å²) in [5.74, 6) is 0.241. The highest BCUT2D eigenvalue weighted by Gasteiger charge is 2.26. The maximum absolute atomic E-state index is 11.1. The molecule has 0 N–H and O–H groups in total. The van der Waals surface area contributed by atoms with Crippen LogP contribution in [0.25, 0.3) is 0 Å². The Morgan fingerprint density at radius 3 is 2.64 bits per heavy atom. The number of amides is 1. The van der Waals surface area contributed by atoms with E-state index in [1.165, 1.54) is 0 Å². The van der Waals surface area contributed by atoms with Crippen LogP contribution in [0.4, 0.5) is 0 Å². The van der Waals surface area contributed by atoms with E-state index < -0.39 is 0 Å². The molecule has 0 aliphatic carbocycles. The van der Waals surface area contributed by atoms with Gasteiger partial charge in [-0.15, -0.1) is 0 Å². The maximum Gasteiger partial charge on any atom is 0.237 e. The van der Waals surface area contributed by atoms with Gasteiger partial charge in [0, 0.05) is 13.1 Å². The van der Waals surface area contributed by atoms with Crippen LogP contribution in [-0.4, -0.2) is 42.0 Å². The van der Waals surface area contributed by atoms with E-state index in [0.717, 1.165) is 13.1 Å². The van der Waals surface area contributed by atoms with Crippen molar-refractivity contribution in [3.63, 3.8) is 0 Å². The lowest BCUT2D eigenvalue weighted by atomic mass is 10.2. The molecular formula is C8H16N2O. The molecule has 0 saturated carbocycles. The smallest absolute Gasteiger partial charge is 0.237 e. The SMILES string of the molecule is CCC(C)N1CC(=O)N(C)C1. The first-order valence-electron chi connectivity index (χ1n) is 4.13. The number of hydrogen-bond acceptors (Lipinski definition) is 2. The quantitative estimate of drug-likeness (QED) is 0.582. The van der Waals surface area contributed by atoms with Crippen molar-refractivity contribution >= 4 is 5.91 Å². The van der Waals surface area contributed by atoms with Gasteiger partial charge in [-0.3, -0.25) is 9.69 Å². The molecule has 1 aliphatic heterocycles. The van der Waals surface area contributed by atoms with Gasteiger partial charge in [-0.25, -0.2) is 0 Å². The molecule has 1 heterocycles. The van der Waals surface area contributed by atoms with Crippen LogP contribution in [0.3, 0.4) is 0 Å². The van der Waals surface area contributed by atoms with E-state index in [0.29, 0.717) is 12.6 Å². The van der Waals surface area contributed by atoms with Crippen molar-refractivity contribution in [1.29, 1.82) is 0 Å². The second-order valence-corrected chi connectivity index (χ2v) is 3.24. The molecule has 0 bridgehead atoms. The van der Waals surface area contributed by atoms with E-state index >= 15 is 0 Å². The summed E-state index contributed by atoms with van der Waals surface area (Å²) >= 11 is 0. The Morgan fingerprint density at radius 1 is 1.64 bits per heavy atom. The van der Waals surface area contributed by atoms with Crippen molar-refractivity contribution in [2.24, 2.45) is 0 Å². The number of nitrogens with zero attached hydrogens (tertiary/aromatic N) is 2. The topological polar surface area (TPSA) is 23.6 Å². The fraction of sp³-hybridized carbons (Fsp3) is 0.875. The Bertz CT molecular complexity index is 158. The molecule has 1 fully saturated rings. The van der Waals surface area contributed by atoms with Crippen LogP contribution in [0, 0.1) is 0 Å². The van der Waals surface area contributed by atoms with Gasteiger partial charge in [0.2, 0.25) is 5.91 Å². The molecule has 0 aromatic rings. The van der Waals surface area contributed by atoms with Crippen molar-refractivity contribution in [3.8, 4) is 0 Å². The molecule has 1 aliphatic rings. The molecule has 1 rings (SSSR count). The van der Waals surface area contributed by atoms with Crippen LogP contribution in [-0.2, 0) is 4.79 Å². The predicted molar refractivity (Wildman–Crippen MR) is 44.1 cm³/mol. The normalized spacial score (nSPS) is 22.8. The van der Waals surface area contributed by atoms with E-state index in [9.17, 15) is 4.79 Å². The van der Waals surface area contributed by atoms with Crippen LogP contribution >= 0.6 is 0 Å². The number of rotatable bonds is 2. The minimum atomic E-state index is 0.241. The van der Waals surface area contributed by atoms with Gasteiger partial charge in [-0.05, 0) is 13.3 Å². The van der Waals surface area contributed by atoms with Gasteiger partial charge in [0.1, 0.15) is 0 Å². The first-order chi connectivity index (χ1) is 5.15. The van der Waals surface area contributed by atoms with Crippen molar-refractivity contribution in [2.75, 3.05) is 20.3 Å². The molecular weight excluding hydrogens is 140 g/mol. The minimum absolute atomic E-state index is 0.241. The Balaban J connectivity index is 2.46. The van der Waals surface area contributed by atoms with Gasteiger partial charge in [-0.2, -0.15) is 0 Å². The van der Waals surface area contributed by atoms with E-state index in [-0.39, 0.29) is 5.91 Å². The zero-order valence-electron chi connectivity index (χ0n) is 7.50. The summed E-state index contributed by atoms with van der Waals surface area (Å²) in [6.07, 6.45) is 1.11. The molecule has 0 radical (unpaired) electrons. The van der Waals surface area contributed by atoms with Crippen molar-refractivity contribution < 1.29 is 4.79 Å². The van der Waals surface area contributed by atoms with Crippen LogP contribution in [0.5, 0.6) is 0 Å². The van der Waals surface area contributed by atoms with Crippen LogP contribution in [0.15, 0.2) is 0 Å². The predicted octanol–water partition coefficient (Wildman–Crippen LogP) is 0.516. The third kappa shape index (κ3) is 1.71.